The van der Waals surface area contributed by atoms with E-state index in [0.717, 1.165) is 16.9 Å². The van der Waals surface area contributed by atoms with Crippen LogP contribution >= 0.6 is 11.3 Å². The van der Waals surface area contributed by atoms with Crippen LogP contribution in [0.25, 0.3) is 0 Å². The number of halogens is 2. The molecule has 1 aliphatic rings. The Morgan fingerprint density at radius 2 is 1.90 bits per heavy atom. The van der Waals surface area contributed by atoms with Crippen LogP contribution in [0.2, 0.25) is 0 Å². The molecule has 1 fully saturated rings. The molecule has 0 unspecified atom stereocenters. The molecule has 4 rings (SSSR count). The van der Waals surface area contributed by atoms with E-state index >= 15 is 0 Å². The second-order valence-electron chi connectivity index (χ2n) is 8.77. The Morgan fingerprint density at radius 3 is 2.60 bits per heavy atom. The number of rotatable bonds is 10. The third-order valence-electron chi connectivity index (χ3n) is 6.20. The summed E-state index contributed by atoms with van der Waals surface area (Å²) in [5, 5.41) is 4.97. The van der Waals surface area contributed by atoms with E-state index in [1.165, 1.54) is 19.1 Å². The molecule has 13 heteroatoms. The zero-order valence-electron chi connectivity index (χ0n) is 21.8. The van der Waals surface area contributed by atoms with E-state index in [4.69, 9.17) is 14.2 Å². The summed E-state index contributed by atoms with van der Waals surface area (Å²) in [6, 6.07) is 13.7. The number of amides is 3. The lowest BCUT2D eigenvalue weighted by Crippen LogP contribution is -2.31. The maximum Gasteiger partial charge on any atom is 0.410 e. The van der Waals surface area contributed by atoms with Crippen molar-refractivity contribution >= 4 is 34.2 Å². The molecule has 40 heavy (non-hydrogen) atoms. The van der Waals surface area contributed by atoms with Crippen LogP contribution in [0.3, 0.4) is 0 Å². The minimum absolute atomic E-state index is 0.0302. The summed E-state index contributed by atoms with van der Waals surface area (Å²) in [5.74, 6) is -1.22. The molecule has 0 spiro atoms. The number of likely N-dealkylation sites (tertiary alicyclic amines) is 1. The molecule has 1 aliphatic heterocycles. The lowest BCUT2D eigenvalue weighted by Gasteiger charge is -2.22. The van der Waals surface area contributed by atoms with Gasteiger partial charge in [0.25, 0.3) is 11.8 Å². The quantitative estimate of drug-likeness (QED) is 0.358. The third-order valence-corrected chi connectivity index (χ3v) is 7.28. The van der Waals surface area contributed by atoms with E-state index in [2.05, 4.69) is 15.6 Å². The van der Waals surface area contributed by atoms with Gasteiger partial charge in [0, 0.05) is 24.7 Å². The summed E-state index contributed by atoms with van der Waals surface area (Å²) in [5.41, 5.74) is 1.23. The monoisotopic (exact) mass is 574 g/mol. The minimum Gasteiger partial charge on any atom is -0.497 e. The van der Waals surface area contributed by atoms with Gasteiger partial charge in [-0.2, -0.15) is 8.78 Å². The number of ether oxygens (including phenoxy) is 3. The number of thiazole rings is 1. The Morgan fingerprint density at radius 1 is 1.12 bits per heavy atom. The van der Waals surface area contributed by atoms with Crippen LogP contribution in [-0.4, -0.2) is 55.0 Å². The molecule has 10 nitrogen and oxygen atoms in total. The average molecular weight is 575 g/mol. The van der Waals surface area contributed by atoms with Crippen LogP contribution in [-0.2, 0) is 22.7 Å². The highest BCUT2D eigenvalue weighted by atomic mass is 32.1. The molecule has 3 amide bonds. The highest BCUT2D eigenvalue weighted by Crippen LogP contribution is 2.38. The average Bonchev–Trinajstić information content (AvgIpc) is 3.62. The lowest BCUT2D eigenvalue weighted by atomic mass is 10.2. The zero-order chi connectivity index (χ0) is 28.6. The Hall–Kier alpha value is -4.26. The maximum atomic E-state index is 13.1. The molecule has 2 heterocycles. The molecule has 1 saturated heterocycles. The lowest BCUT2D eigenvalue weighted by molar-refractivity contribution is -0.126. The summed E-state index contributed by atoms with van der Waals surface area (Å²) < 4.78 is 42.1. The topological polar surface area (TPSA) is 119 Å². The first-order valence-electron chi connectivity index (χ1n) is 12.4. The molecule has 212 valence electrons. The fourth-order valence-corrected chi connectivity index (χ4v) is 5.30. The number of hydrogen-bond donors (Lipinski definition) is 2. The van der Waals surface area contributed by atoms with Gasteiger partial charge in [-0.05, 0) is 30.5 Å². The molecule has 2 N–H and O–H groups in total. The molecule has 2 aromatic carbocycles. The number of nitrogens with one attached hydrogen (secondary N) is 2. The number of methoxy groups -OCH3 is 2. The van der Waals surface area contributed by atoms with Gasteiger partial charge in [0.15, 0.2) is 5.69 Å². The van der Waals surface area contributed by atoms with Gasteiger partial charge in [-0.25, -0.2) is 9.78 Å². The summed E-state index contributed by atoms with van der Waals surface area (Å²) in [7, 11) is 2.99. The molecule has 0 saturated carbocycles. The Bertz CT molecular complexity index is 1350. The van der Waals surface area contributed by atoms with E-state index in [1.54, 1.807) is 18.2 Å². The van der Waals surface area contributed by atoms with Gasteiger partial charge in [0.05, 0.1) is 20.3 Å². The largest absolute Gasteiger partial charge is 0.497 e. The number of nitrogens with zero attached hydrogens (tertiary/aromatic N) is 2. The number of aromatic nitrogens is 1. The Kier molecular flexibility index (Phi) is 9.48. The van der Waals surface area contributed by atoms with Gasteiger partial charge in [-0.1, -0.05) is 41.7 Å². The van der Waals surface area contributed by atoms with Gasteiger partial charge in [-0.3, -0.25) is 14.5 Å². The molecule has 1 atom stereocenters. The summed E-state index contributed by atoms with van der Waals surface area (Å²) in [6.45, 7) is 0.511. The Balaban J connectivity index is 1.52. The second kappa shape index (κ2) is 13.2. The fraction of sp³-hybridized carbons (Fsp3) is 0.333. The highest BCUT2D eigenvalue weighted by Gasteiger charge is 2.35. The van der Waals surface area contributed by atoms with Gasteiger partial charge in [-0.15, -0.1) is 0 Å². The predicted molar refractivity (Wildman–Crippen MR) is 143 cm³/mol. The summed E-state index contributed by atoms with van der Waals surface area (Å²) >= 11 is 0.873. The van der Waals surface area contributed by atoms with Crippen molar-refractivity contribution in [3.05, 3.63) is 70.4 Å². The number of hydrogen-bond acceptors (Lipinski definition) is 8. The summed E-state index contributed by atoms with van der Waals surface area (Å²) in [6.07, 6.45) is -2.67. The van der Waals surface area contributed by atoms with Crippen LogP contribution in [0.5, 0.6) is 11.5 Å². The first-order chi connectivity index (χ1) is 19.3. The molecular formula is C27H28F2N4O6S. The van der Waals surface area contributed by atoms with E-state index in [9.17, 15) is 23.2 Å². The molecular weight excluding hydrogens is 546 g/mol. The first-order valence-corrected chi connectivity index (χ1v) is 13.2. The van der Waals surface area contributed by atoms with Crippen LogP contribution in [0.15, 0.2) is 48.5 Å². The molecule has 0 bridgehead atoms. The normalized spacial score (nSPS) is 14.6. The van der Waals surface area contributed by atoms with Gasteiger partial charge >= 0.3 is 12.5 Å². The highest BCUT2D eigenvalue weighted by molar-refractivity contribution is 7.16. The first kappa shape index (κ1) is 28.7. The van der Waals surface area contributed by atoms with Gasteiger partial charge in [0.2, 0.25) is 0 Å². The van der Waals surface area contributed by atoms with Crippen LogP contribution in [0, 0.1) is 0 Å². The minimum atomic E-state index is -3.29. The molecule has 0 radical (unpaired) electrons. The van der Waals surface area contributed by atoms with Gasteiger partial charge in [0.1, 0.15) is 28.1 Å². The number of alkyl halides is 2. The van der Waals surface area contributed by atoms with Crippen molar-refractivity contribution in [2.24, 2.45) is 0 Å². The van der Waals surface area contributed by atoms with Crippen molar-refractivity contribution in [1.82, 2.24) is 15.2 Å². The van der Waals surface area contributed by atoms with Crippen LogP contribution < -0.4 is 20.1 Å². The summed E-state index contributed by atoms with van der Waals surface area (Å²) in [4.78, 5) is 43.7. The van der Waals surface area contributed by atoms with E-state index in [0.29, 0.717) is 41.5 Å². The third kappa shape index (κ3) is 6.84. The van der Waals surface area contributed by atoms with Crippen molar-refractivity contribution in [2.75, 3.05) is 26.1 Å². The zero-order valence-corrected chi connectivity index (χ0v) is 22.6. The molecule has 1 aromatic heterocycles. The maximum absolute atomic E-state index is 13.1. The smallest absolute Gasteiger partial charge is 0.410 e. The predicted octanol–water partition coefficient (Wildman–Crippen LogP) is 4.77. The van der Waals surface area contributed by atoms with Crippen molar-refractivity contribution in [3.63, 3.8) is 0 Å². The van der Waals surface area contributed by atoms with E-state index in [1.807, 2.05) is 30.3 Å². The van der Waals surface area contributed by atoms with Crippen molar-refractivity contribution in [2.45, 2.75) is 38.5 Å². The fourth-order valence-electron chi connectivity index (χ4n) is 4.19. The van der Waals surface area contributed by atoms with Gasteiger partial charge < -0.3 is 24.8 Å². The number of benzene rings is 2. The number of carbonyl (C=O) groups excluding carboxylic acids is 3. The van der Waals surface area contributed by atoms with Crippen molar-refractivity contribution in [1.29, 1.82) is 0 Å². The van der Waals surface area contributed by atoms with E-state index < -0.39 is 30.4 Å². The van der Waals surface area contributed by atoms with Crippen molar-refractivity contribution in [3.8, 4) is 11.5 Å². The van der Waals surface area contributed by atoms with E-state index in [-0.39, 0.29) is 23.8 Å². The number of anilines is 1. The standard InChI is InChI=1S/C27H28F2N4O6S/c1-37-18-11-10-17(20(13-18)38-2)14-30-23(34)21-26(32-24(35)22(28)29)40-25(31-21)19-9-6-12-33(19)27(36)39-15-16-7-4-3-5-8-16/h3-5,7-8,10-11,13,19,22H,6,9,12,14-15H2,1-2H3,(H,30,34)(H,32,35)/t19-/m1/s1. The SMILES string of the molecule is COc1ccc(CNC(=O)c2nc([C@H]3CCCN3C(=O)OCc3ccccc3)sc2NC(=O)C(F)F)c(OC)c1. The van der Waals surface area contributed by atoms with Crippen LogP contribution in [0.1, 0.15) is 45.5 Å². The molecule has 0 aliphatic carbocycles. The molecule has 3 aromatic rings. The second-order valence-corrected chi connectivity index (χ2v) is 9.80. The van der Waals surface area contributed by atoms with Crippen molar-refractivity contribution < 1.29 is 37.4 Å². The van der Waals surface area contributed by atoms with Crippen LogP contribution in [0.4, 0.5) is 18.6 Å². The Labute approximate surface area is 233 Å². The number of carbonyl (C=O) groups is 3.